The van der Waals surface area contributed by atoms with Gasteiger partial charge in [0, 0.05) is 59.3 Å². The van der Waals surface area contributed by atoms with Gasteiger partial charge in [-0.25, -0.2) is 4.79 Å². The molecule has 10 heteroatoms. The molecule has 0 atom stereocenters. The average molecular weight is 518 g/mol. The van der Waals surface area contributed by atoms with Gasteiger partial charge >= 0.3 is 5.97 Å². The van der Waals surface area contributed by atoms with Crippen molar-refractivity contribution in [3.63, 3.8) is 0 Å². The van der Waals surface area contributed by atoms with Gasteiger partial charge in [0.2, 0.25) is 0 Å². The topological polar surface area (TPSA) is 81.8 Å². The van der Waals surface area contributed by atoms with Crippen molar-refractivity contribution in [2.24, 2.45) is 0 Å². The highest BCUT2D eigenvalue weighted by molar-refractivity contribution is 6.09. The monoisotopic (exact) mass is 516 g/mol. The Hall–Kier alpha value is -2.03. The third-order valence-electron chi connectivity index (χ3n) is 5.51. The number of carboxylic acid groups (broad SMARTS) is 1. The maximum Gasteiger partial charge on any atom is 0.338 e. The van der Waals surface area contributed by atoms with Crippen molar-refractivity contribution in [1.29, 1.82) is 0 Å². The molecule has 0 spiro atoms. The van der Waals surface area contributed by atoms with E-state index in [0.717, 1.165) is 29.6 Å². The van der Waals surface area contributed by atoms with Crippen LogP contribution >= 0.6 is 37.2 Å². The Balaban J connectivity index is 0.00000181. The largest absolute Gasteiger partial charge is 0.507 e. The predicted molar refractivity (Wildman–Crippen MR) is 139 cm³/mol. The van der Waals surface area contributed by atoms with Gasteiger partial charge in [-0.2, -0.15) is 0 Å². The van der Waals surface area contributed by atoms with Gasteiger partial charge in [-0.05, 0) is 53.2 Å². The van der Waals surface area contributed by atoms with E-state index in [-0.39, 0.29) is 43.0 Å². The van der Waals surface area contributed by atoms with Crippen LogP contribution in [0.5, 0.6) is 5.75 Å². The van der Waals surface area contributed by atoms with Gasteiger partial charge in [0.25, 0.3) is 0 Å². The number of halogens is 3. The summed E-state index contributed by atoms with van der Waals surface area (Å²) in [6, 6.07) is 5.99. The number of pyridine rings is 1. The third kappa shape index (κ3) is 5.55. The van der Waals surface area contributed by atoms with Gasteiger partial charge < -0.3 is 24.6 Å². The molecule has 0 aliphatic heterocycles. The summed E-state index contributed by atoms with van der Waals surface area (Å²) in [6.45, 7) is 0.962. The first-order chi connectivity index (χ1) is 14.3. The second-order valence-electron chi connectivity index (χ2n) is 8.59. The van der Waals surface area contributed by atoms with E-state index in [1.165, 1.54) is 0 Å². The van der Waals surface area contributed by atoms with Crippen LogP contribution in [0.3, 0.4) is 0 Å². The average Bonchev–Trinajstić information content (AvgIpc) is 3.46. The summed E-state index contributed by atoms with van der Waals surface area (Å²) < 4.78 is 2.19. The molecule has 182 valence electrons. The fourth-order valence-corrected chi connectivity index (χ4v) is 4.24. The second-order valence-corrected chi connectivity index (χ2v) is 8.59. The number of nitrogens with zero attached hydrogens (tertiary/aromatic N) is 4. The number of fused-ring (bicyclic) bond motifs is 1. The lowest BCUT2D eigenvalue weighted by atomic mass is 9.96. The van der Waals surface area contributed by atoms with E-state index < -0.39 is 5.97 Å². The summed E-state index contributed by atoms with van der Waals surface area (Å²) >= 11 is 0. The number of aromatic hydroxyl groups is 1. The molecular weight excluding hydrogens is 487 g/mol. The van der Waals surface area contributed by atoms with Crippen molar-refractivity contribution >= 4 is 54.1 Å². The van der Waals surface area contributed by atoms with Crippen molar-refractivity contribution in [1.82, 2.24) is 19.4 Å². The molecule has 3 aromatic rings. The Morgan fingerprint density at radius 2 is 1.76 bits per heavy atom. The van der Waals surface area contributed by atoms with Crippen LogP contribution in [-0.4, -0.2) is 63.7 Å². The molecule has 0 unspecified atom stereocenters. The minimum absolute atomic E-state index is 0. The lowest BCUT2D eigenvalue weighted by molar-refractivity contribution is 0.0696. The summed E-state index contributed by atoms with van der Waals surface area (Å²) in [5.74, 6) is -0.833. The Labute approximate surface area is 212 Å². The molecule has 0 radical (unpaired) electrons. The van der Waals surface area contributed by atoms with Crippen LogP contribution in [-0.2, 0) is 13.1 Å². The van der Waals surface area contributed by atoms with Gasteiger partial charge in [-0.1, -0.05) is 6.07 Å². The molecule has 2 heterocycles. The molecule has 0 bridgehead atoms. The predicted octanol–water partition coefficient (Wildman–Crippen LogP) is 4.83. The van der Waals surface area contributed by atoms with Crippen molar-refractivity contribution in [2.75, 3.05) is 28.2 Å². The highest BCUT2D eigenvalue weighted by atomic mass is 35.5. The summed E-state index contributed by atoms with van der Waals surface area (Å²) in [5, 5.41) is 22.1. The summed E-state index contributed by atoms with van der Waals surface area (Å²) in [4.78, 5) is 20.6. The molecule has 0 saturated heterocycles. The molecule has 1 saturated carbocycles. The van der Waals surface area contributed by atoms with Gasteiger partial charge in [0.15, 0.2) is 0 Å². The Bertz CT molecular complexity index is 1110. The Morgan fingerprint density at radius 1 is 1.12 bits per heavy atom. The summed E-state index contributed by atoms with van der Waals surface area (Å²) in [7, 11) is 7.72. The number of phenolic OH excluding ortho intramolecular Hbond substituents is 1. The van der Waals surface area contributed by atoms with Crippen LogP contribution in [0.25, 0.3) is 22.0 Å². The van der Waals surface area contributed by atoms with Crippen molar-refractivity contribution < 1.29 is 15.0 Å². The van der Waals surface area contributed by atoms with Crippen molar-refractivity contribution in [3.05, 3.63) is 47.4 Å². The zero-order valence-electron chi connectivity index (χ0n) is 19.1. The third-order valence-corrected chi connectivity index (χ3v) is 5.51. The molecule has 2 N–H and O–H groups in total. The molecular formula is C23H31Cl3N4O3. The SMILES string of the molecule is CN(C)Cc1c(O)c(-c2cccnc2)cc2c1c(C(=O)O)c(CN(C)C)n2C1CC1.Cl.Cl.Cl. The molecule has 1 aromatic carbocycles. The highest BCUT2D eigenvalue weighted by Crippen LogP contribution is 2.46. The molecule has 4 rings (SSSR count). The molecule has 2 aromatic heterocycles. The van der Waals surface area contributed by atoms with Crippen LogP contribution in [0.1, 0.15) is 40.5 Å². The zero-order valence-corrected chi connectivity index (χ0v) is 21.6. The van der Waals surface area contributed by atoms with Crippen molar-refractivity contribution in [3.8, 4) is 16.9 Å². The first-order valence-electron chi connectivity index (χ1n) is 10.1. The fraction of sp³-hybridized carbons (Fsp3) is 0.391. The van der Waals surface area contributed by atoms with Crippen LogP contribution in [0.4, 0.5) is 0 Å². The second kappa shape index (κ2) is 11.4. The number of phenols is 1. The minimum Gasteiger partial charge on any atom is -0.507 e. The first kappa shape index (κ1) is 29.0. The quantitative estimate of drug-likeness (QED) is 0.467. The molecule has 1 aliphatic rings. The molecule has 33 heavy (non-hydrogen) atoms. The standard InChI is InChI=1S/C23H28N4O3.3ClH/c1-25(2)12-17-20-18(10-16(22(17)28)14-6-5-9-24-11-14)27(15-7-8-15)19(13-26(3)4)21(20)23(29)30;;;/h5-6,9-11,15,28H,7-8,12-13H2,1-4H3,(H,29,30);3*1H. The zero-order chi connectivity index (χ0) is 21.6. The number of aromatic carboxylic acids is 1. The van der Waals surface area contributed by atoms with E-state index in [4.69, 9.17) is 0 Å². The van der Waals surface area contributed by atoms with Gasteiger partial charge in [-0.3, -0.25) is 4.98 Å². The number of rotatable bonds is 7. The van der Waals surface area contributed by atoms with E-state index in [1.807, 2.05) is 56.2 Å². The Kier molecular flexibility index (Phi) is 10.0. The number of carboxylic acids is 1. The fourth-order valence-electron chi connectivity index (χ4n) is 4.24. The van der Waals surface area contributed by atoms with Crippen LogP contribution in [0.15, 0.2) is 30.6 Å². The summed E-state index contributed by atoms with van der Waals surface area (Å²) in [6.07, 6.45) is 5.50. The minimum atomic E-state index is -0.954. The van der Waals surface area contributed by atoms with Crippen molar-refractivity contribution in [2.45, 2.75) is 32.0 Å². The van der Waals surface area contributed by atoms with E-state index in [0.29, 0.717) is 41.2 Å². The number of aromatic nitrogens is 2. The van der Waals surface area contributed by atoms with E-state index in [1.54, 1.807) is 12.4 Å². The number of benzene rings is 1. The van der Waals surface area contributed by atoms with Crippen LogP contribution in [0.2, 0.25) is 0 Å². The lowest BCUT2D eigenvalue weighted by Crippen LogP contribution is -2.17. The van der Waals surface area contributed by atoms with E-state index in [9.17, 15) is 15.0 Å². The maximum atomic E-state index is 12.4. The molecule has 1 aliphatic carbocycles. The van der Waals surface area contributed by atoms with E-state index >= 15 is 0 Å². The molecule has 0 amide bonds. The first-order valence-corrected chi connectivity index (χ1v) is 10.1. The normalized spacial score (nSPS) is 12.9. The summed E-state index contributed by atoms with van der Waals surface area (Å²) in [5.41, 5.74) is 4.11. The molecule has 1 fully saturated rings. The maximum absolute atomic E-state index is 12.4. The number of hydrogen-bond donors (Lipinski definition) is 2. The number of hydrogen-bond acceptors (Lipinski definition) is 5. The molecule has 7 nitrogen and oxygen atoms in total. The Morgan fingerprint density at radius 3 is 2.24 bits per heavy atom. The van der Waals surface area contributed by atoms with Crippen LogP contribution in [0, 0.1) is 0 Å². The van der Waals surface area contributed by atoms with Gasteiger partial charge in [0.05, 0.1) is 11.1 Å². The van der Waals surface area contributed by atoms with E-state index in [2.05, 4.69) is 9.55 Å². The number of carbonyl (C=O) groups is 1. The highest BCUT2D eigenvalue weighted by Gasteiger charge is 2.34. The van der Waals surface area contributed by atoms with Crippen LogP contribution < -0.4 is 0 Å². The lowest BCUT2D eigenvalue weighted by Gasteiger charge is -2.17. The van der Waals surface area contributed by atoms with Gasteiger partial charge in [-0.15, -0.1) is 37.2 Å². The van der Waals surface area contributed by atoms with Gasteiger partial charge in [0.1, 0.15) is 5.75 Å². The smallest absolute Gasteiger partial charge is 0.338 e.